The lowest BCUT2D eigenvalue weighted by Gasteiger charge is -2.18. The van der Waals surface area contributed by atoms with Gasteiger partial charge in [0.2, 0.25) is 0 Å². The fourth-order valence-electron chi connectivity index (χ4n) is 1.77. The van der Waals surface area contributed by atoms with Crippen molar-refractivity contribution in [3.63, 3.8) is 0 Å². The highest BCUT2D eigenvalue weighted by Crippen LogP contribution is 2.30. The van der Waals surface area contributed by atoms with Gasteiger partial charge in [0, 0.05) is 17.3 Å². The Bertz CT molecular complexity index is 575. The largest absolute Gasteiger partial charge is 0.495 e. The van der Waals surface area contributed by atoms with E-state index >= 15 is 0 Å². The van der Waals surface area contributed by atoms with E-state index in [4.69, 9.17) is 16.3 Å². The Morgan fingerprint density at radius 3 is 2.50 bits per heavy atom. The van der Waals surface area contributed by atoms with Crippen molar-refractivity contribution in [3.8, 4) is 5.75 Å². The third kappa shape index (κ3) is 3.39. The third-order valence-electron chi connectivity index (χ3n) is 2.86. The summed E-state index contributed by atoms with van der Waals surface area (Å²) in [4.78, 5) is 0. The van der Waals surface area contributed by atoms with Crippen LogP contribution < -0.4 is 10.1 Å². The number of hydrogen-bond acceptors (Lipinski definition) is 2. The lowest BCUT2D eigenvalue weighted by atomic mass is 10.1. The molecule has 0 fully saturated rings. The van der Waals surface area contributed by atoms with Crippen molar-refractivity contribution in [2.45, 2.75) is 5.92 Å². The molecule has 0 aliphatic carbocycles. The van der Waals surface area contributed by atoms with Crippen LogP contribution in [0.4, 0.5) is 14.5 Å². The summed E-state index contributed by atoms with van der Waals surface area (Å²) in [6, 6.07) is 12.5. The molecule has 0 heterocycles. The standard InChI is InChI=1S/C15H14ClF2NO/c1-20-14-9-12(7-8-13(14)16)19-10-15(17,18)11-5-3-2-4-6-11/h2-9,19H,10H2,1H3. The monoisotopic (exact) mass is 297 g/mol. The number of rotatable bonds is 5. The van der Waals surface area contributed by atoms with Gasteiger partial charge in [0.15, 0.2) is 0 Å². The van der Waals surface area contributed by atoms with Crippen molar-refractivity contribution in [2.75, 3.05) is 19.0 Å². The zero-order valence-electron chi connectivity index (χ0n) is 10.9. The van der Waals surface area contributed by atoms with Crippen LogP contribution in [0.1, 0.15) is 5.56 Å². The maximum Gasteiger partial charge on any atom is 0.290 e. The maximum atomic E-state index is 14.0. The quantitative estimate of drug-likeness (QED) is 0.874. The average Bonchev–Trinajstić information content (AvgIpc) is 2.47. The number of methoxy groups -OCH3 is 1. The molecule has 2 nitrogen and oxygen atoms in total. The molecule has 0 saturated carbocycles. The van der Waals surface area contributed by atoms with Crippen LogP contribution in [-0.4, -0.2) is 13.7 Å². The lowest BCUT2D eigenvalue weighted by Crippen LogP contribution is -2.24. The third-order valence-corrected chi connectivity index (χ3v) is 3.17. The highest BCUT2D eigenvalue weighted by atomic mass is 35.5. The second-order valence-electron chi connectivity index (χ2n) is 4.27. The van der Waals surface area contributed by atoms with Gasteiger partial charge < -0.3 is 10.1 Å². The van der Waals surface area contributed by atoms with E-state index in [2.05, 4.69) is 5.32 Å². The van der Waals surface area contributed by atoms with E-state index in [0.717, 1.165) is 0 Å². The van der Waals surface area contributed by atoms with Crippen LogP contribution in [0, 0.1) is 0 Å². The second-order valence-corrected chi connectivity index (χ2v) is 4.68. The van der Waals surface area contributed by atoms with Gasteiger partial charge in [0.1, 0.15) is 5.75 Å². The number of ether oxygens (including phenoxy) is 1. The highest BCUT2D eigenvalue weighted by Gasteiger charge is 2.30. The molecule has 0 aromatic heterocycles. The van der Waals surface area contributed by atoms with Gasteiger partial charge in [0.05, 0.1) is 18.7 Å². The molecule has 0 unspecified atom stereocenters. The average molecular weight is 298 g/mol. The van der Waals surface area contributed by atoms with Gasteiger partial charge in [-0.2, -0.15) is 8.78 Å². The number of anilines is 1. The predicted octanol–water partition coefficient (Wildman–Crippen LogP) is 4.55. The van der Waals surface area contributed by atoms with Crippen molar-refractivity contribution >= 4 is 17.3 Å². The molecular weight excluding hydrogens is 284 g/mol. The summed E-state index contributed by atoms with van der Waals surface area (Å²) in [6.45, 7) is -0.498. The Balaban J connectivity index is 2.08. The molecule has 2 rings (SSSR count). The van der Waals surface area contributed by atoms with E-state index < -0.39 is 12.5 Å². The molecule has 0 aliphatic heterocycles. The molecule has 1 N–H and O–H groups in total. The van der Waals surface area contributed by atoms with Gasteiger partial charge in [-0.3, -0.25) is 0 Å². The molecule has 0 saturated heterocycles. The number of alkyl halides is 2. The van der Waals surface area contributed by atoms with E-state index in [-0.39, 0.29) is 5.56 Å². The Kier molecular flexibility index (Phi) is 4.45. The number of benzene rings is 2. The van der Waals surface area contributed by atoms with Gasteiger partial charge in [-0.15, -0.1) is 0 Å². The second kappa shape index (κ2) is 6.09. The van der Waals surface area contributed by atoms with Crippen LogP contribution in [-0.2, 0) is 5.92 Å². The topological polar surface area (TPSA) is 21.3 Å². The fourth-order valence-corrected chi connectivity index (χ4v) is 1.96. The van der Waals surface area contributed by atoms with Crippen LogP contribution >= 0.6 is 11.6 Å². The Labute approximate surface area is 121 Å². The molecular formula is C15H14ClF2NO. The normalized spacial score (nSPS) is 11.2. The first-order valence-electron chi connectivity index (χ1n) is 6.04. The minimum Gasteiger partial charge on any atom is -0.495 e. The summed E-state index contributed by atoms with van der Waals surface area (Å²) >= 11 is 5.88. The summed E-state index contributed by atoms with van der Waals surface area (Å²) < 4.78 is 33.0. The van der Waals surface area contributed by atoms with E-state index in [1.54, 1.807) is 36.4 Å². The van der Waals surface area contributed by atoms with Crippen LogP contribution in [0.2, 0.25) is 5.02 Å². The molecule has 0 spiro atoms. The number of nitrogens with one attached hydrogen (secondary N) is 1. The predicted molar refractivity (Wildman–Crippen MR) is 76.8 cm³/mol. The van der Waals surface area contributed by atoms with E-state index in [1.165, 1.54) is 19.2 Å². The number of halogens is 3. The van der Waals surface area contributed by atoms with Gasteiger partial charge >= 0.3 is 0 Å². The summed E-state index contributed by atoms with van der Waals surface area (Å²) in [5.41, 5.74) is 0.510. The van der Waals surface area contributed by atoms with E-state index in [9.17, 15) is 8.78 Å². The van der Waals surface area contributed by atoms with Crippen molar-refractivity contribution < 1.29 is 13.5 Å². The van der Waals surface area contributed by atoms with E-state index in [0.29, 0.717) is 16.5 Å². The highest BCUT2D eigenvalue weighted by molar-refractivity contribution is 6.32. The van der Waals surface area contributed by atoms with Crippen LogP contribution in [0.3, 0.4) is 0 Å². The molecule has 0 amide bonds. The minimum atomic E-state index is -2.95. The van der Waals surface area contributed by atoms with Crippen LogP contribution in [0.5, 0.6) is 5.75 Å². The first kappa shape index (κ1) is 14.6. The molecule has 2 aromatic rings. The van der Waals surface area contributed by atoms with Crippen molar-refractivity contribution in [1.82, 2.24) is 0 Å². The minimum absolute atomic E-state index is 0.0200. The number of hydrogen-bond donors (Lipinski definition) is 1. The maximum absolute atomic E-state index is 14.0. The SMILES string of the molecule is COc1cc(NCC(F)(F)c2ccccc2)ccc1Cl. The molecule has 0 atom stereocenters. The first-order valence-corrected chi connectivity index (χ1v) is 6.41. The summed E-state index contributed by atoms with van der Waals surface area (Å²) in [5.74, 6) is -2.51. The Morgan fingerprint density at radius 2 is 1.85 bits per heavy atom. The Hall–Kier alpha value is -1.81. The van der Waals surface area contributed by atoms with Gasteiger partial charge in [-0.05, 0) is 12.1 Å². The fraction of sp³-hybridized carbons (Fsp3) is 0.200. The molecule has 5 heteroatoms. The van der Waals surface area contributed by atoms with E-state index in [1.807, 2.05) is 0 Å². The van der Waals surface area contributed by atoms with Crippen LogP contribution in [0.25, 0.3) is 0 Å². The van der Waals surface area contributed by atoms with Gasteiger partial charge in [0.25, 0.3) is 5.92 Å². The molecule has 0 radical (unpaired) electrons. The van der Waals surface area contributed by atoms with Crippen LogP contribution in [0.15, 0.2) is 48.5 Å². The molecule has 0 aliphatic rings. The Morgan fingerprint density at radius 1 is 1.15 bits per heavy atom. The molecule has 106 valence electrons. The summed E-state index contributed by atoms with van der Waals surface area (Å²) in [6.07, 6.45) is 0. The van der Waals surface area contributed by atoms with Crippen molar-refractivity contribution in [3.05, 3.63) is 59.1 Å². The molecule has 0 bridgehead atoms. The first-order chi connectivity index (χ1) is 9.53. The zero-order chi connectivity index (χ0) is 14.6. The summed E-state index contributed by atoms with van der Waals surface area (Å²) in [7, 11) is 1.48. The van der Waals surface area contributed by atoms with Crippen molar-refractivity contribution in [1.29, 1.82) is 0 Å². The molecule has 20 heavy (non-hydrogen) atoms. The lowest BCUT2D eigenvalue weighted by molar-refractivity contribution is 0.0106. The van der Waals surface area contributed by atoms with Gasteiger partial charge in [-0.1, -0.05) is 41.9 Å². The molecule has 2 aromatic carbocycles. The van der Waals surface area contributed by atoms with Gasteiger partial charge in [-0.25, -0.2) is 0 Å². The smallest absolute Gasteiger partial charge is 0.290 e. The van der Waals surface area contributed by atoms with Crippen molar-refractivity contribution in [2.24, 2.45) is 0 Å². The zero-order valence-corrected chi connectivity index (χ0v) is 11.6. The summed E-state index contributed by atoms with van der Waals surface area (Å²) in [5, 5.41) is 3.13.